The van der Waals surface area contributed by atoms with Crippen molar-refractivity contribution in [1.29, 1.82) is 0 Å². The van der Waals surface area contributed by atoms with Gasteiger partial charge in [-0.2, -0.15) is 18.3 Å². The fraction of sp³-hybridized carbons (Fsp3) is 0.500. The second-order valence-corrected chi connectivity index (χ2v) is 6.81. The molecule has 2 aromatic heterocycles. The van der Waals surface area contributed by atoms with Crippen molar-refractivity contribution < 1.29 is 18.0 Å². The minimum atomic E-state index is -4.58. The first-order valence-electron chi connectivity index (χ1n) is 7.15. The van der Waals surface area contributed by atoms with E-state index >= 15 is 0 Å². The van der Waals surface area contributed by atoms with Crippen LogP contribution in [0.5, 0.6) is 0 Å². The first kappa shape index (κ1) is 16.0. The van der Waals surface area contributed by atoms with Crippen molar-refractivity contribution in [1.82, 2.24) is 14.8 Å². The van der Waals surface area contributed by atoms with E-state index in [-0.39, 0.29) is 5.69 Å². The van der Waals surface area contributed by atoms with E-state index in [1.54, 1.807) is 0 Å². The van der Waals surface area contributed by atoms with Crippen molar-refractivity contribution in [2.24, 2.45) is 13.0 Å². The van der Waals surface area contributed by atoms with Crippen molar-refractivity contribution >= 4 is 22.4 Å². The molecule has 0 aromatic carbocycles. The van der Waals surface area contributed by atoms with Gasteiger partial charge in [0, 0.05) is 18.0 Å². The van der Waals surface area contributed by atoms with Crippen molar-refractivity contribution in [2.45, 2.75) is 32.4 Å². The maximum Gasteiger partial charge on any atom is 0.435 e. The van der Waals surface area contributed by atoms with Crippen LogP contribution in [-0.4, -0.2) is 20.7 Å². The molecule has 0 saturated heterocycles. The molecule has 1 amide bonds. The summed E-state index contributed by atoms with van der Waals surface area (Å²) in [6, 6.07) is 0.741. The van der Waals surface area contributed by atoms with E-state index in [1.165, 1.54) is 18.4 Å². The average molecular weight is 344 g/mol. The van der Waals surface area contributed by atoms with Crippen molar-refractivity contribution in [3.8, 4) is 0 Å². The maximum atomic E-state index is 12.6. The highest BCUT2D eigenvalue weighted by Crippen LogP contribution is 2.32. The Morgan fingerprint density at radius 3 is 2.87 bits per heavy atom. The number of hydrogen-bond donors (Lipinski definition) is 1. The molecule has 3 rings (SSSR count). The molecular formula is C14H15F3N4OS. The van der Waals surface area contributed by atoms with E-state index in [1.807, 2.05) is 0 Å². The maximum absolute atomic E-state index is 12.6. The summed E-state index contributed by atoms with van der Waals surface area (Å²) in [5.41, 5.74) is -0.263. The van der Waals surface area contributed by atoms with E-state index in [2.05, 4.69) is 22.3 Å². The molecule has 2 heterocycles. The Hall–Kier alpha value is -1.90. The third-order valence-electron chi connectivity index (χ3n) is 3.81. The number of aromatic nitrogens is 3. The lowest BCUT2D eigenvalue weighted by Crippen LogP contribution is -2.16. The Morgan fingerprint density at radius 1 is 1.48 bits per heavy atom. The van der Waals surface area contributed by atoms with Gasteiger partial charge in [0.1, 0.15) is 5.69 Å². The van der Waals surface area contributed by atoms with E-state index in [4.69, 9.17) is 0 Å². The molecule has 1 N–H and O–H groups in total. The smallest absolute Gasteiger partial charge is 0.296 e. The van der Waals surface area contributed by atoms with Gasteiger partial charge in [0.15, 0.2) is 10.8 Å². The molecule has 0 fully saturated rings. The van der Waals surface area contributed by atoms with E-state index in [0.29, 0.717) is 11.0 Å². The van der Waals surface area contributed by atoms with Crippen LogP contribution in [0, 0.1) is 5.92 Å². The zero-order chi connectivity index (χ0) is 16.8. The normalized spacial score (nSPS) is 17.9. The summed E-state index contributed by atoms with van der Waals surface area (Å²) in [5.74, 6) is -0.0624. The SMILES string of the molecule is C[C@@H]1CCc2nc(NC(=O)c3cc(C(F)(F)F)nn3C)sc2C1. The number of rotatable bonds is 2. The van der Waals surface area contributed by atoms with Crippen LogP contribution in [0.2, 0.25) is 0 Å². The van der Waals surface area contributed by atoms with Crippen LogP contribution < -0.4 is 5.32 Å². The lowest BCUT2D eigenvalue weighted by atomic mass is 9.93. The molecule has 1 aliphatic rings. The summed E-state index contributed by atoms with van der Waals surface area (Å²) in [6.07, 6.45) is -1.73. The molecule has 23 heavy (non-hydrogen) atoms. The van der Waals surface area contributed by atoms with Gasteiger partial charge in [-0.1, -0.05) is 6.92 Å². The Kier molecular flexibility index (Phi) is 3.91. The molecule has 1 atom stereocenters. The average Bonchev–Trinajstić information content (AvgIpc) is 3.00. The molecule has 0 saturated carbocycles. The molecule has 1 aliphatic carbocycles. The van der Waals surface area contributed by atoms with Crippen LogP contribution in [0.15, 0.2) is 6.07 Å². The molecule has 0 bridgehead atoms. The molecule has 0 spiro atoms. The predicted octanol–water partition coefficient (Wildman–Crippen LogP) is 3.27. The first-order chi connectivity index (χ1) is 10.7. The minimum absolute atomic E-state index is 0.154. The van der Waals surface area contributed by atoms with Gasteiger partial charge in [-0.15, -0.1) is 11.3 Å². The molecule has 5 nitrogen and oxygen atoms in total. The summed E-state index contributed by atoms with van der Waals surface area (Å²) in [5, 5.41) is 6.33. The highest BCUT2D eigenvalue weighted by molar-refractivity contribution is 7.15. The second kappa shape index (κ2) is 5.63. The zero-order valence-corrected chi connectivity index (χ0v) is 13.4. The van der Waals surface area contributed by atoms with E-state index in [0.717, 1.165) is 40.6 Å². The van der Waals surface area contributed by atoms with Crippen LogP contribution in [0.4, 0.5) is 18.3 Å². The van der Waals surface area contributed by atoms with Gasteiger partial charge in [-0.05, 0) is 25.2 Å². The van der Waals surface area contributed by atoms with E-state index < -0.39 is 17.8 Å². The van der Waals surface area contributed by atoms with Gasteiger partial charge in [-0.3, -0.25) is 14.8 Å². The van der Waals surface area contributed by atoms with Crippen LogP contribution in [0.1, 0.15) is 40.1 Å². The Balaban J connectivity index is 1.79. The summed E-state index contributed by atoms with van der Waals surface area (Å²) in [7, 11) is 1.30. The van der Waals surface area contributed by atoms with Gasteiger partial charge in [0.25, 0.3) is 5.91 Å². The Bertz CT molecular complexity index is 750. The quantitative estimate of drug-likeness (QED) is 0.910. The first-order valence-corrected chi connectivity index (χ1v) is 7.97. The fourth-order valence-electron chi connectivity index (χ4n) is 2.57. The Morgan fingerprint density at radius 2 is 2.22 bits per heavy atom. The monoisotopic (exact) mass is 344 g/mol. The topological polar surface area (TPSA) is 59.8 Å². The van der Waals surface area contributed by atoms with Crippen LogP contribution >= 0.6 is 11.3 Å². The molecule has 0 unspecified atom stereocenters. The summed E-state index contributed by atoms with van der Waals surface area (Å²) >= 11 is 1.39. The standard InChI is InChI=1S/C14H15F3N4OS/c1-7-3-4-8-10(5-7)23-13(18-8)19-12(22)9-6-11(14(15,16)17)20-21(9)2/h6-7H,3-5H2,1-2H3,(H,18,19,22)/t7-/m1/s1. The van der Waals surface area contributed by atoms with Gasteiger partial charge >= 0.3 is 6.18 Å². The number of alkyl halides is 3. The molecule has 0 aliphatic heterocycles. The van der Waals surface area contributed by atoms with Gasteiger partial charge in [0.05, 0.1) is 5.69 Å². The number of nitrogens with zero attached hydrogens (tertiary/aromatic N) is 3. The fourth-order valence-corrected chi connectivity index (χ4v) is 3.74. The third kappa shape index (κ3) is 3.24. The largest absolute Gasteiger partial charge is 0.435 e. The minimum Gasteiger partial charge on any atom is -0.296 e. The zero-order valence-electron chi connectivity index (χ0n) is 12.6. The highest BCUT2D eigenvalue weighted by atomic mass is 32.1. The van der Waals surface area contributed by atoms with Gasteiger partial charge in [0.2, 0.25) is 0 Å². The van der Waals surface area contributed by atoms with Crippen LogP contribution in [0.25, 0.3) is 0 Å². The number of nitrogens with one attached hydrogen (secondary N) is 1. The Labute approximate surface area is 134 Å². The van der Waals surface area contributed by atoms with Gasteiger partial charge < -0.3 is 0 Å². The van der Waals surface area contributed by atoms with Crippen molar-refractivity contribution in [3.63, 3.8) is 0 Å². The number of carbonyl (C=O) groups is 1. The number of aryl methyl sites for hydroxylation is 2. The summed E-state index contributed by atoms with van der Waals surface area (Å²) in [6.45, 7) is 2.16. The van der Waals surface area contributed by atoms with Crippen LogP contribution in [0.3, 0.4) is 0 Å². The number of fused-ring (bicyclic) bond motifs is 1. The van der Waals surface area contributed by atoms with E-state index in [9.17, 15) is 18.0 Å². The molecular weight excluding hydrogens is 329 g/mol. The molecule has 0 radical (unpaired) electrons. The second-order valence-electron chi connectivity index (χ2n) is 5.73. The number of amides is 1. The number of halogens is 3. The van der Waals surface area contributed by atoms with Crippen molar-refractivity contribution in [3.05, 3.63) is 28.0 Å². The lowest BCUT2D eigenvalue weighted by Gasteiger charge is -2.15. The predicted molar refractivity (Wildman–Crippen MR) is 79.5 cm³/mol. The van der Waals surface area contributed by atoms with Gasteiger partial charge in [-0.25, -0.2) is 4.98 Å². The molecule has 9 heteroatoms. The summed E-state index contributed by atoms with van der Waals surface area (Å²) < 4.78 is 38.9. The number of anilines is 1. The number of hydrogen-bond acceptors (Lipinski definition) is 4. The summed E-state index contributed by atoms with van der Waals surface area (Å²) in [4.78, 5) is 17.7. The highest BCUT2D eigenvalue weighted by Gasteiger charge is 2.35. The molecule has 124 valence electrons. The third-order valence-corrected chi connectivity index (χ3v) is 4.84. The number of carbonyl (C=O) groups excluding carboxylic acids is 1. The van der Waals surface area contributed by atoms with Crippen LogP contribution in [-0.2, 0) is 26.1 Å². The lowest BCUT2D eigenvalue weighted by molar-refractivity contribution is -0.141. The molecule has 2 aromatic rings. The van der Waals surface area contributed by atoms with Crippen molar-refractivity contribution in [2.75, 3.05) is 5.32 Å². The number of thiazole rings is 1.